The zero-order valence-electron chi connectivity index (χ0n) is 9.41. The quantitative estimate of drug-likeness (QED) is 0.831. The first kappa shape index (κ1) is 13.7. The summed E-state index contributed by atoms with van der Waals surface area (Å²) >= 11 is 6.75. The Bertz CT molecular complexity index is 557. The van der Waals surface area contributed by atoms with Gasteiger partial charge in [-0.2, -0.15) is 0 Å². The van der Waals surface area contributed by atoms with E-state index in [4.69, 9.17) is 0 Å². The Morgan fingerprint density at radius 1 is 1.11 bits per heavy atom. The molecule has 2 aromatic carbocycles. The van der Waals surface area contributed by atoms with E-state index in [0.717, 1.165) is 14.5 Å². The maximum Gasteiger partial charge on any atom is 0.126 e. The van der Waals surface area contributed by atoms with Crippen molar-refractivity contribution in [2.75, 3.05) is 0 Å². The smallest absolute Gasteiger partial charge is 0.126 e. The zero-order valence-corrected chi connectivity index (χ0v) is 12.6. The summed E-state index contributed by atoms with van der Waals surface area (Å²) in [5, 5.41) is 10.2. The molecule has 0 aliphatic carbocycles. The summed E-state index contributed by atoms with van der Waals surface area (Å²) in [5.74, 6) is -0.287. The van der Waals surface area contributed by atoms with Crippen LogP contribution in [0.3, 0.4) is 0 Å². The first-order chi connectivity index (χ1) is 8.58. The minimum atomic E-state index is -0.732. The largest absolute Gasteiger partial charge is 0.388 e. The fourth-order valence-corrected chi connectivity index (χ4v) is 3.07. The van der Waals surface area contributed by atoms with Crippen LogP contribution in [0.4, 0.5) is 4.39 Å². The van der Waals surface area contributed by atoms with Gasteiger partial charge >= 0.3 is 0 Å². The first-order valence-corrected chi connectivity index (χ1v) is 7.03. The lowest BCUT2D eigenvalue weighted by Crippen LogP contribution is -2.04. The maximum absolute atomic E-state index is 13.5. The summed E-state index contributed by atoms with van der Waals surface area (Å²) in [7, 11) is 0. The van der Waals surface area contributed by atoms with Crippen molar-refractivity contribution in [1.29, 1.82) is 0 Å². The fourth-order valence-electron chi connectivity index (χ4n) is 1.75. The predicted octanol–water partition coefficient (Wildman–Crippen LogP) is 4.63. The van der Waals surface area contributed by atoms with Crippen LogP contribution in [0, 0.1) is 5.82 Å². The van der Waals surface area contributed by atoms with Crippen LogP contribution >= 0.6 is 31.9 Å². The van der Waals surface area contributed by atoms with Gasteiger partial charge in [0.1, 0.15) is 5.82 Å². The molecule has 0 aliphatic heterocycles. The van der Waals surface area contributed by atoms with Crippen molar-refractivity contribution in [2.24, 2.45) is 0 Å². The summed E-state index contributed by atoms with van der Waals surface area (Å²) in [6.07, 6.45) is -0.475. The minimum absolute atomic E-state index is 0.257. The SMILES string of the molecule is OC(Cc1ccccc1F)c1ccc(Br)cc1Br. The summed E-state index contributed by atoms with van der Waals surface area (Å²) in [6.45, 7) is 0. The van der Waals surface area contributed by atoms with Gasteiger partial charge in [-0.05, 0) is 29.3 Å². The average molecular weight is 374 g/mol. The van der Waals surface area contributed by atoms with Crippen molar-refractivity contribution >= 4 is 31.9 Å². The van der Waals surface area contributed by atoms with Crippen molar-refractivity contribution in [1.82, 2.24) is 0 Å². The molecule has 0 spiro atoms. The van der Waals surface area contributed by atoms with Crippen molar-refractivity contribution in [2.45, 2.75) is 12.5 Å². The second kappa shape index (κ2) is 5.95. The third kappa shape index (κ3) is 3.19. The normalized spacial score (nSPS) is 12.4. The van der Waals surface area contributed by atoms with Crippen LogP contribution in [0.1, 0.15) is 17.2 Å². The molecule has 0 saturated carbocycles. The van der Waals surface area contributed by atoms with Crippen molar-refractivity contribution in [3.05, 3.63) is 68.4 Å². The van der Waals surface area contributed by atoms with Crippen molar-refractivity contribution in [3.8, 4) is 0 Å². The van der Waals surface area contributed by atoms with Gasteiger partial charge < -0.3 is 5.11 Å². The van der Waals surface area contributed by atoms with E-state index in [1.54, 1.807) is 18.2 Å². The minimum Gasteiger partial charge on any atom is -0.388 e. The molecule has 2 rings (SSSR count). The molecule has 0 fully saturated rings. The van der Waals surface area contributed by atoms with E-state index in [1.165, 1.54) is 6.07 Å². The number of rotatable bonds is 3. The van der Waals surface area contributed by atoms with Gasteiger partial charge in [0.05, 0.1) is 6.10 Å². The molecule has 0 heterocycles. The number of halogens is 3. The Hall–Kier alpha value is -0.710. The molecule has 0 aromatic heterocycles. The second-order valence-electron chi connectivity index (χ2n) is 3.98. The van der Waals surface area contributed by atoms with Crippen molar-refractivity contribution < 1.29 is 9.50 Å². The van der Waals surface area contributed by atoms with Gasteiger partial charge in [-0.15, -0.1) is 0 Å². The van der Waals surface area contributed by atoms with Crippen LogP contribution in [0.25, 0.3) is 0 Å². The van der Waals surface area contributed by atoms with Gasteiger partial charge in [0.2, 0.25) is 0 Å². The standard InChI is InChI=1S/C14H11Br2FO/c15-10-5-6-11(12(16)8-10)14(18)7-9-3-1-2-4-13(9)17/h1-6,8,14,18H,7H2. The highest BCUT2D eigenvalue weighted by molar-refractivity contribution is 9.11. The molecule has 0 bridgehead atoms. The molecule has 1 nitrogen and oxygen atoms in total. The summed E-state index contributed by atoms with van der Waals surface area (Å²) in [6, 6.07) is 12.0. The molecule has 0 aliphatic rings. The molecule has 1 atom stereocenters. The Morgan fingerprint density at radius 2 is 1.83 bits per heavy atom. The van der Waals surface area contributed by atoms with E-state index in [0.29, 0.717) is 5.56 Å². The lowest BCUT2D eigenvalue weighted by Gasteiger charge is -2.13. The fraction of sp³-hybridized carbons (Fsp3) is 0.143. The Labute approximate surface area is 122 Å². The molecule has 18 heavy (non-hydrogen) atoms. The third-order valence-corrected chi connectivity index (χ3v) is 3.87. The van der Waals surface area contributed by atoms with Crippen LogP contribution < -0.4 is 0 Å². The first-order valence-electron chi connectivity index (χ1n) is 5.44. The Kier molecular flexibility index (Phi) is 4.54. The average Bonchev–Trinajstić information content (AvgIpc) is 2.32. The van der Waals surface area contributed by atoms with Crippen LogP contribution in [0.5, 0.6) is 0 Å². The number of hydrogen-bond donors (Lipinski definition) is 1. The molecule has 0 saturated heterocycles. The summed E-state index contributed by atoms with van der Waals surface area (Å²) < 4.78 is 15.2. The second-order valence-corrected chi connectivity index (χ2v) is 5.75. The van der Waals surface area contributed by atoms with Crippen LogP contribution in [0.15, 0.2) is 51.4 Å². The topological polar surface area (TPSA) is 20.2 Å². The maximum atomic E-state index is 13.5. The van der Waals surface area contributed by atoms with Gasteiger partial charge in [-0.3, -0.25) is 0 Å². The highest BCUT2D eigenvalue weighted by atomic mass is 79.9. The van der Waals surface area contributed by atoms with Crippen LogP contribution in [0.2, 0.25) is 0 Å². The molecular weight excluding hydrogens is 363 g/mol. The summed E-state index contributed by atoms with van der Waals surface area (Å²) in [4.78, 5) is 0. The molecule has 94 valence electrons. The highest BCUT2D eigenvalue weighted by Gasteiger charge is 2.14. The number of aliphatic hydroxyl groups excluding tert-OH is 1. The zero-order chi connectivity index (χ0) is 13.1. The molecule has 1 unspecified atom stereocenters. The van der Waals surface area contributed by atoms with E-state index < -0.39 is 6.10 Å². The van der Waals surface area contributed by atoms with Gasteiger partial charge in [-0.25, -0.2) is 4.39 Å². The Morgan fingerprint density at radius 3 is 2.50 bits per heavy atom. The molecule has 1 N–H and O–H groups in total. The van der Waals surface area contributed by atoms with Gasteiger partial charge in [0, 0.05) is 15.4 Å². The van der Waals surface area contributed by atoms with E-state index in [9.17, 15) is 9.50 Å². The molecule has 4 heteroatoms. The van der Waals surface area contributed by atoms with E-state index in [2.05, 4.69) is 31.9 Å². The summed E-state index contributed by atoms with van der Waals surface area (Å²) in [5.41, 5.74) is 1.27. The monoisotopic (exact) mass is 372 g/mol. The van der Waals surface area contributed by atoms with Gasteiger partial charge in [0.15, 0.2) is 0 Å². The number of benzene rings is 2. The molecule has 0 radical (unpaired) electrons. The van der Waals surface area contributed by atoms with Gasteiger partial charge in [0.25, 0.3) is 0 Å². The van der Waals surface area contributed by atoms with Crippen molar-refractivity contribution in [3.63, 3.8) is 0 Å². The van der Waals surface area contributed by atoms with E-state index in [1.807, 2.05) is 18.2 Å². The molecular formula is C14H11Br2FO. The lowest BCUT2D eigenvalue weighted by atomic mass is 10.0. The van der Waals surface area contributed by atoms with Crippen LogP contribution in [-0.2, 0) is 6.42 Å². The number of hydrogen-bond acceptors (Lipinski definition) is 1. The molecule has 0 amide bonds. The highest BCUT2D eigenvalue weighted by Crippen LogP contribution is 2.29. The lowest BCUT2D eigenvalue weighted by molar-refractivity contribution is 0.176. The van der Waals surface area contributed by atoms with Gasteiger partial charge in [-0.1, -0.05) is 56.1 Å². The molecule has 2 aromatic rings. The third-order valence-electron chi connectivity index (χ3n) is 2.69. The van der Waals surface area contributed by atoms with E-state index in [-0.39, 0.29) is 12.2 Å². The van der Waals surface area contributed by atoms with Crippen LogP contribution in [-0.4, -0.2) is 5.11 Å². The predicted molar refractivity (Wildman–Crippen MR) is 76.9 cm³/mol. The number of aliphatic hydroxyl groups is 1. The van der Waals surface area contributed by atoms with E-state index >= 15 is 0 Å². The Balaban J connectivity index is 2.22.